The van der Waals surface area contributed by atoms with Crippen LogP contribution in [0.4, 0.5) is 23.7 Å². The van der Waals surface area contributed by atoms with Crippen LogP contribution in [-0.2, 0) is 19.1 Å². The van der Waals surface area contributed by atoms with Crippen molar-refractivity contribution in [1.82, 2.24) is 5.32 Å². The van der Waals surface area contributed by atoms with Gasteiger partial charge in [0.05, 0.1) is 6.42 Å². The van der Waals surface area contributed by atoms with E-state index in [-0.39, 0.29) is 18.7 Å². The first-order valence-electron chi connectivity index (χ1n) is 8.58. The van der Waals surface area contributed by atoms with Crippen molar-refractivity contribution in [2.24, 2.45) is 0 Å². The fourth-order valence-electron chi connectivity index (χ4n) is 1.87. The second-order valence-electron chi connectivity index (χ2n) is 6.87. The summed E-state index contributed by atoms with van der Waals surface area (Å²) in [5.74, 6) is -1.84. The molecule has 1 rings (SSSR count). The molecule has 0 aromatic heterocycles. The summed E-state index contributed by atoms with van der Waals surface area (Å²) in [5, 5.41) is 4.77. The molecule has 1 atom stereocenters. The lowest BCUT2D eigenvalue weighted by Gasteiger charge is -2.19. The van der Waals surface area contributed by atoms with Crippen molar-refractivity contribution < 1.29 is 41.8 Å². The van der Waals surface area contributed by atoms with E-state index in [0.717, 1.165) is 12.1 Å². The van der Waals surface area contributed by atoms with Gasteiger partial charge in [-0.05, 0) is 52.0 Å². The quantitative estimate of drug-likeness (QED) is 0.656. The molecule has 0 heterocycles. The Labute approximate surface area is 165 Å². The van der Waals surface area contributed by atoms with Crippen LogP contribution >= 0.6 is 0 Å². The Morgan fingerprint density at radius 2 is 1.66 bits per heavy atom. The number of nitrogens with one attached hydrogen (secondary N) is 2. The van der Waals surface area contributed by atoms with E-state index in [1.54, 1.807) is 20.8 Å². The predicted molar refractivity (Wildman–Crippen MR) is 96.2 cm³/mol. The number of halogens is 3. The number of hydrogen-bond donors (Lipinski definition) is 2. The van der Waals surface area contributed by atoms with Crippen LogP contribution in [0.3, 0.4) is 0 Å². The third-order valence-corrected chi connectivity index (χ3v) is 3.03. The molecule has 0 saturated heterocycles. The Morgan fingerprint density at radius 1 is 1.07 bits per heavy atom. The molecule has 0 spiro atoms. The molecule has 0 bridgehead atoms. The predicted octanol–water partition coefficient (Wildman–Crippen LogP) is 3.37. The maximum atomic E-state index is 12.1. The number of alkyl halides is 3. The SMILES string of the molecule is C[C@H](OC(=O)CCNC(=O)OC(C)(C)C)C(=O)Nc1ccc(OC(F)(F)F)cc1. The molecule has 1 aromatic carbocycles. The van der Waals surface area contributed by atoms with Gasteiger partial charge in [0.1, 0.15) is 11.4 Å². The number of esters is 1. The number of anilines is 1. The average Bonchev–Trinajstić information content (AvgIpc) is 2.53. The van der Waals surface area contributed by atoms with Crippen molar-refractivity contribution in [3.05, 3.63) is 24.3 Å². The van der Waals surface area contributed by atoms with Crippen molar-refractivity contribution in [3.63, 3.8) is 0 Å². The van der Waals surface area contributed by atoms with Gasteiger partial charge in [0.25, 0.3) is 5.91 Å². The number of hydrogen-bond acceptors (Lipinski definition) is 6. The molecule has 11 heteroatoms. The van der Waals surface area contributed by atoms with Gasteiger partial charge in [0.15, 0.2) is 6.10 Å². The zero-order valence-electron chi connectivity index (χ0n) is 16.4. The molecule has 1 aromatic rings. The summed E-state index contributed by atoms with van der Waals surface area (Å²) in [6.45, 7) is 6.37. The average molecular weight is 420 g/mol. The molecule has 0 aliphatic carbocycles. The highest BCUT2D eigenvalue weighted by atomic mass is 19.4. The molecule has 2 amide bonds. The first-order valence-corrected chi connectivity index (χ1v) is 8.58. The fourth-order valence-corrected chi connectivity index (χ4v) is 1.87. The molecule has 2 N–H and O–H groups in total. The minimum Gasteiger partial charge on any atom is -0.452 e. The molecule has 162 valence electrons. The Balaban J connectivity index is 2.40. The molecule has 8 nitrogen and oxygen atoms in total. The molecular weight excluding hydrogens is 397 g/mol. The van der Waals surface area contributed by atoms with Crippen LogP contribution < -0.4 is 15.4 Å². The van der Waals surface area contributed by atoms with E-state index in [2.05, 4.69) is 15.4 Å². The largest absolute Gasteiger partial charge is 0.573 e. The number of carbonyl (C=O) groups is 3. The minimum atomic E-state index is -4.81. The third-order valence-electron chi connectivity index (χ3n) is 3.03. The summed E-state index contributed by atoms with van der Waals surface area (Å²) < 4.78 is 50.0. The lowest BCUT2D eigenvalue weighted by Crippen LogP contribution is -2.35. The Morgan fingerprint density at radius 3 is 2.17 bits per heavy atom. The van der Waals surface area contributed by atoms with Crippen LogP contribution in [0.5, 0.6) is 5.75 Å². The lowest BCUT2D eigenvalue weighted by molar-refractivity contribution is -0.274. The van der Waals surface area contributed by atoms with Gasteiger partial charge in [0, 0.05) is 12.2 Å². The lowest BCUT2D eigenvalue weighted by atomic mass is 10.2. The second kappa shape index (κ2) is 9.99. The minimum absolute atomic E-state index is 0.0389. The topological polar surface area (TPSA) is 103 Å². The van der Waals surface area contributed by atoms with Crippen molar-refractivity contribution in [2.75, 3.05) is 11.9 Å². The number of ether oxygens (including phenoxy) is 3. The standard InChI is InChI=1S/C18H23F3N2O6/c1-11(27-14(24)9-10-22-16(26)29-17(2,3)4)15(25)23-12-5-7-13(8-6-12)28-18(19,20)21/h5-8,11H,9-10H2,1-4H3,(H,22,26)(H,23,25)/t11-/m0/s1. The maximum Gasteiger partial charge on any atom is 0.573 e. The van der Waals surface area contributed by atoms with Crippen LogP contribution in [0.1, 0.15) is 34.1 Å². The molecule has 0 saturated carbocycles. The number of benzene rings is 1. The number of rotatable bonds is 7. The van der Waals surface area contributed by atoms with E-state index < -0.39 is 41.8 Å². The number of amides is 2. The van der Waals surface area contributed by atoms with Gasteiger partial charge in [-0.2, -0.15) is 0 Å². The highest BCUT2D eigenvalue weighted by Crippen LogP contribution is 2.24. The summed E-state index contributed by atoms with van der Waals surface area (Å²) in [5.41, 5.74) is -0.479. The highest BCUT2D eigenvalue weighted by Gasteiger charge is 2.31. The van der Waals surface area contributed by atoms with Crippen LogP contribution in [0.25, 0.3) is 0 Å². The zero-order chi connectivity index (χ0) is 22.2. The van der Waals surface area contributed by atoms with Gasteiger partial charge in [-0.3, -0.25) is 9.59 Å². The van der Waals surface area contributed by atoms with Gasteiger partial charge in [-0.1, -0.05) is 0 Å². The van der Waals surface area contributed by atoms with Crippen molar-refractivity contribution in [3.8, 4) is 5.75 Å². The van der Waals surface area contributed by atoms with E-state index in [0.29, 0.717) is 0 Å². The highest BCUT2D eigenvalue weighted by molar-refractivity contribution is 5.95. The van der Waals surface area contributed by atoms with E-state index in [1.165, 1.54) is 19.1 Å². The smallest absolute Gasteiger partial charge is 0.452 e. The molecule has 0 aliphatic rings. The molecule has 0 fully saturated rings. The maximum absolute atomic E-state index is 12.1. The van der Waals surface area contributed by atoms with E-state index in [1.807, 2.05) is 0 Å². The van der Waals surface area contributed by atoms with Crippen molar-refractivity contribution >= 4 is 23.7 Å². The van der Waals surface area contributed by atoms with Gasteiger partial charge in [-0.15, -0.1) is 13.2 Å². The number of alkyl carbamates (subject to hydrolysis) is 1. The second-order valence-corrected chi connectivity index (χ2v) is 6.87. The van der Waals surface area contributed by atoms with E-state index in [4.69, 9.17) is 9.47 Å². The molecule has 29 heavy (non-hydrogen) atoms. The summed E-state index contributed by atoms with van der Waals surface area (Å²) in [6.07, 6.45) is -6.84. The van der Waals surface area contributed by atoms with Gasteiger partial charge in [-0.25, -0.2) is 4.79 Å². The van der Waals surface area contributed by atoms with Crippen molar-refractivity contribution in [1.29, 1.82) is 0 Å². The fraction of sp³-hybridized carbons (Fsp3) is 0.500. The molecule has 0 radical (unpaired) electrons. The van der Waals surface area contributed by atoms with E-state index in [9.17, 15) is 27.6 Å². The van der Waals surface area contributed by atoms with Crippen LogP contribution in [0.15, 0.2) is 24.3 Å². The monoisotopic (exact) mass is 420 g/mol. The van der Waals surface area contributed by atoms with Gasteiger partial charge in [0.2, 0.25) is 0 Å². The summed E-state index contributed by atoms with van der Waals surface area (Å²) >= 11 is 0. The van der Waals surface area contributed by atoms with Crippen LogP contribution in [0, 0.1) is 0 Å². The first-order chi connectivity index (χ1) is 13.2. The number of carbonyl (C=O) groups excluding carboxylic acids is 3. The van der Waals surface area contributed by atoms with E-state index >= 15 is 0 Å². The summed E-state index contributed by atoms with van der Waals surface area (Å²) in [7, 11) is 0. The third kappa shape index (κ3) is 10.8. The van der Waals surface area contributed by atoms with Gasteiger partial charge < -0.3 is 24.8 Å². The summed E-state index contributed by atoms with van der Waals surface area (Å²) in [4.78, 5) is 35.2. The molecular formula is C18H23F3N2O6. The van der Waals surface area contributed by atoms with Crippen molar-refractivity contribution in [2.45, 2.75) is 52.2 Å². The van der Waals surface area contributed by atoms with Crippen LogP contribution in [0.2, 0.25) is 0 Å². The molecule has 0 aliphatic heterocycles. The normalized spacial score (nSPS) is 12.5. The molecule has 0 unspecified atom stereocenters. The Bertz CT molecular complexity index is 714. The Kier molecular flexibility index (Phi) is 8.28. The zero-order valence-corrected chi connectivity index (χ0v) is 16.4. The van der Waals surface area contributed by atoms with Crippen LogP contribution in [-0.4, -0.2) is 42.6 Å². The Hall–Kier alpha value is -2.98. The first kappa shape index (κ1) is 24.1. The van der Waals surface area contributed by atoms with Gasteiger partial charge >= 0.3 is 18.4 Å². The summed E-state index contributed by atoms with van der Waals surface area (Å²) in [6, 6.07) is 4.47.